The molecule has 1 saturated heterocycles. The highest BCUT2D eigenvalue weighted by atomic mass is 15.4. The molecule has 0 unspecified atom stereocenters. The van der Waals surface area contributed by atoms with Gasteiger partial charge in [0.05, 0.1) is 12.6 Å². The van der Waals surface area contributed by atoms with E-state index in [-0.39, 0.29) is 11.5 Å². The van der Waals surface area contributed by atoms with Gasteiger partial charge in [-0.2, -0.15) is 10.4 Å². The Hall–Kier alpha value is -1.41. The molecule has 1 aromatic rings. The Bertz CT molecular complexity index is 483. The van der Waals surface area contributed by atoms with Crippen LogP contribution in [0, 0.1) is 22.7 Å². The zero-order valence-corrected chi connectivity index (χ0v) is 13.0. The van der Waals surface area contributed by atoms with Crippen LogP contribution < -0.4 is 0 Å². The van der Waals surface area contributed by atoms with Gasteiger partial charge in [0.25, 0.3) is 0 Å². The van der Waals surface area contributed by atoms with Gasteiger partial charge in [-0.1, -0.05) is 27.7 Å². The number of likely N-dealkylation sites (tertiary alicyclic amines) is 1. The van der Waals surface area contributed by atoms with Crippen LogP contribution in [0.4, 0.5) is 0 Å². The minimum atomic E-state index is -0.0413. The summed E-state index contributed by atoms with van der Waals surface area (Å²) in [4.78, 5) is 6.63. The van der Waals surface area contributed by atoms with Crippen LogP contribution in [0.15, 0.2) is 6.33 Å². The molecule has 0 radical (unpaired) electrons. The van der Waals surface area contributed by atoms with Crippen LogP contribution in [0.25, 0.3) is 0 Å². The fourth-order valence-electron chi connectivity index (χ4n) is 3.02. The molecule has 0 aromatic carbocycles. The summed E-state index contributed by atoms with van der Waals surface area (Å²) < 4.78 is 1.97. The Labute approximate surface area is 121 Å². The van der Waals surface area contributed by atoms with Gasteiger partial charge in [0.2, 0.25) is 0 Å². The molecule has 0 saturated carbocycles. The number of nitriles is 1. The lowest BCUT2D eigenvalue weighted by Crippen LogP contribution is -2.48. The molecule has 1 fully saturated rings. The van der Waals surface area contributed by atoms with Gasteiger partial charge in [-0.3, -0.25) is 4.90 Å². The van der Waals surface area contributed by atoms with Crippen molar-refractivity contribution >= 4 is 0 Å². The van der Waals surface area contributed by atoms with Gasteiger partial charge in [-0.15, -0.1) is 0 Å². The summed E-state index contributed by atoms with van der Waals surface area (Å²) in [5.74, 6) is 1.51. The highest BCUT2D eigenvalue weighted by molar-refractivity contribution is 5.05. The zero-order valence-electron chi connectivity index (χ0n) is 13.0. The van der Waals surface area contributed by atoms with Crippen molar-refractivity contribution in [2.45, 2.75) is 59.7 Å². The third-order valence-electron chi connectivity index (χ3n) is 4.07. The van der Waals surface area contributed by atoms with Crippen LogP contribution in [0.5, 0.6) is 0 Å². The highest BCUT2D eigenvalue weighted by Gasteiger charge is 2.38. The maximum atomic E-state index is 9.51. The lowest BCUT2D eigenvalue weighted by atomic mass is 9.77. The molecule has 1 aliphatic rings. The van der Waals surface area contributed by atoms with Crippen LogP contribution in [0.1, 0.15) is 46.4 Å². The van der Waals surface area contributed by atoms with E-state index in [0.717, 1.165) is 31.8 Å². The van der Waals surface area contributed by atoms with Crippen molar-refractivity contribution in [1.29, 1.82) is 5.26 Å². The van der Waals surface area contributed by atoms with E-state index < -0.39 is 0 Å². The van der Waals surface area contributed by atoms with Crippen LogP contribution in [0.3, 0.4) is 0 Å². The standard InChI is InChI=1S/C15H25N5/c1-12(2)9-20-14(17-11-18-20)10-19-7-5-6-15(3,4)13(19)8-16/h11-13H,5-7,9-10H2,1-4H3/t13-/m1/s1. The first-order valence-electron chi connectivity index (χ1n) is 7.44. The van der Waals surface area contributed by atoms with Gasteiger partial charge in [-0.05, 0) is 30.7 Å². The third kappa shape index (κ3) is 3.18. The molecule has 110 valence electrons. The van der Waals surface area contributed by atoms with Crippen molar-refractivity contribution in [2.75, 3.05) is 6.54 Å². The predicted molar refractivity (Wildman–Crippen MR) is 77.7 cm³/mol. The maximum absolute atomic E-state index is 9.51. The Kier molecular flexibility index (Phi) is 4.44. The lowest BCUT2D eigenvalue weighted by Gasteiger charge is -2.42. The third-order valence-corrected chi connectivity index (χ3v) is 4.07. The van der Waals surface area contributed by atoms with Crippen molar-refractivity contribution in [3.05, 3.63) is 12.2 Å². The Balaban J connectivity index is 2.13. The van der Waals surface area contributed by atoms with E-state index in [1.165, 1.54) is 0 Å². The maximum Gasteiger partial charge on any atom is 0.141 e. The summed E-state index contributed by atoms with van der Waals surface area (Å²) in [6.07, 6.45) is 3.87. The molecule has 1 atom stereocenters. The molecule has 1 aliphatic heterocycles. The molecule has 5 nitrogen and oxygen atoms in total. The first kappa shape index (κ1) is 15.0. The van der Waals surface area contributed by atoms with Gasteiger partial charge in [0.15, 0.2) is 0 Å². The monoisotopic (exact) mass is 275 g/mol. The Morgan fingerprint density at radius 2 is 2.25 bits per heavy atom. The molecule has 2 heterocycles. The van der Waals surface area contributed by atoms with Gasteiger partial charge < -0.3 is 0 Å². The number of rotatable bonds is 4. The highest BCUT2D eigenvalue weighted by Crippen LogP contribution is 2.35. The van der Waals surface area contributed by atoms with Crippen LogP contribution in [-0.4, -0.2) is 32.3 Å². The molecule has 0 N–H and O–H groups in total. The van der Waals surface area contributed by atoms with E-state index in [0.29, 0.717) is 12.5 Å². The van der Waals surface area contributed by atoms with Gasteiger partial charge >= 0.3 is 0 Å². The van der Waals surface area contributed by atoms with E-state index in [1.807, 2.05) is 4.68 Å². The number of hydrogen-bond acceptors (Lipinski definition) is 4. The minimum Gasteiger partial charge on any atom is -0.280 e. The SMILES string of the molecule is CC(C)Cn1ncnc1CN1CCCC(C)(C)[C@H]1C#N. The zero-order chi connectivity index (χ0) is 14.8. The summed E-state index contributed by atoms with van der Waals surface area (Å²) in [5, 5.41) is 13.8. The van der Waals surface area contributed by atoms with E-state index in [2.05, 4.69) is 48.7 Å². The first-order valence-corrected chi connectivity index (χ1v) is 7.44. The second kappa shape index (κ2) is 5.92. The first-order chi connectivity index (χ1) is 9.44. The molecule has 0 aliphatic carbocycles. The smallest absolute Gasteiger partial charge is 0.141 e. The summed E-state index contributed by atoms with van der Waals surface area (Å²) in [6, 6.07) is 2.44. The summed E-state index contributed by atoms with van der Waals surface area (Å²) >= 11 is 0. The molecule has 1 aromatic heterocycles. The molecule has 0 amide bonds. The molecule has 2 rings (SSSR count). The second-order valence-electron chi connectivity index (χ2n) is 6.85. The van der Waals surface area contributed by atoms with Gasteiger partial charge in [-0.25, -0.2) is 9.67 Å². The van der Waals surface area contributed by atoms with Crippen LogP contribution in [0.2, 0.25) is 0 Å². The van der Waals surface area contributed by atoms with Crippen LogP contribution >= 0.6 is 0 Å². The summed E-state index contributed by atoms with van der Waals surface area (Å²) in [7, 11) is 0. The molecule has 20 heavy (non-hydrogen) atoms. The van der Waals surface area contributed by atoms with E-state index >= 15 is 0 Å². The van der Waals surface area contributed by atoms with E-state index in [9.17, 15) is 5.26 Å². The number of piperidine rings is 1. The molecular weight excluding hydrogens is 250 g/mol. The average molecular weight is 275 g/mol. The summed E-state index contributed by atoms with van der Waals surface area (Å²) in [6.45, 7) is 11.3. The fraction of sp³-hybridized carbons (Fsp3) is 0.800. The van der Waals surface area contributed by atoms with E-state index in [1.54, 1.807) is 6.33 Å². The quantitative estimate of drug-likeness (QED) is 0.847. The van der Waals surface area contributed by atoms with Crippen molar-refractivity contribution < 1.29 is 0 Å². The van der Waals surface area contributed by atoms with E-state index in [4.69, 9.17) is 0 Å². The fourth-order valence-corrected chi connectivity index (χ4v) is 3.02. The van der Waals surface area contributed by atoms with Gasteiger partial charge in [0.1, 0.15) is 18.2 Å². The predicted octanol–water partition coefficient (Wildman–Crippen LogP) is 2.45. The molecular formula is C15H25N5. The van der Waals surface area contributed by atoms with Crippen molar-refractivity contribution in [2.24, 2.45) is 11.3 Å². The number of nitrogens with zero attached hydrogens (tertiary/aromatic N) is 5. The molecule has 0 spiro atoms. The average Bonchev–Trinajstić information content (AvgIpc) is 2.75. The number of hydrogen-bond donors (Lipinski definition) is 0. The van der Waals surface area contributed by atoms with Crippen molar-refractivity contribution in [1.82, 2.24) is 19.7 Å². The van der Waals surface area contributed by atoms with Crippen molar-refractivity contribution in [3.8, 4) is 6.07 Å². The van der Waals surface area contributed by atoms with Crippen LogP contribution in [-0.2, 0) is 13.1 Å². The Morgan fingerprint density at radius 1 is 1.50 bits per heavy atom. The Morgan fingerprint density at radius 3 is 2.90 bits per heavy atom. The molecule has 5 heteroatoms. The largest absolute Gasteiger partial charge is 0.280 e. The topological polar surface area (TPSA) is 57.7 Å². The van der Waals surface area contributed by atoms with Gasteiger partial charge in [0, 0.05) is 6.54 Å². The minimum absolute atomic E-state index is 0.0413. The normalized spacial score (nSPS) is 22.9. The molecule has 0 bridgehead atoms. The van der Waals surface area contributed by atoms with Crippen molar-refractivity contribution in [3.63, 3.8) is 0 Å². The summed E-state index contributed by atoms with van der Waals surface area (Å²) in [5.41, 5.74) is 0.0515. The lowest BCUT2D eigenvalue weighted by molar-refractivity contribution is 0.0628. The second-order valence-corrected chi connectivity index (χ2v) is 6.85. The number of aromatic nitrogens is 3.